The monoisotopic (exact) mass is 237 g/mol. The molecule has 64 valence electrons. The molecule has 3 heteroatoms. The first kappa shape index (κ1) is 9.77. The summed E-state index contributed by atoms with van der Waals surface area (Å²) in [7, 11) is 0. The lowest BCUT2D eigenvalue weighted by molar-refractivity contribution is 0.624. The minimum absolute atomic E-state index is 0.0290. The van der Waals surface area contributed by atoms with Crippen LogP contribution in [0.25, 0.3) is 0 Å². The summed E-state index contributed by atoms with van der Waals surface area (Å²) in [6, 6.07) is 5.99. The number of benzene rings is 1. The van der Waals surface area contributed by atoms with Gasteiger partial charge in [0, 0.05) is 5.56 Å². The standard InChI is InChI=1S/C10H5BrFN/c11-5-1-2-8-3-4-10(12)9(6-8)7-13/h3-4,6H,5H2. The molecule has 0 aliphatic rings. The minimum atomic E-state index is -0.508. The summed E-state index contributed by atoms with van der Waals surface area (Å²) in [5.41, 5.74) is 0.679. The lowest BCUT2D eigenvalue weighted by Crippen LogP contribution is -1.84. The molecule has 1 aromatic rings. The summed E-state index contributed by atoms with van der Waals surface area (Å²) < 4.78 is 12.8. The van der Waals surface area contributed by atoms with Gasteiger partial charge in [0.05, 0.1) is 10.9 Å². The number of hydrogen-bond acceptors (Lipinski definition) is 1. The third kappa shape index (κ3) is 2.57. The first-order valence-corrected chi connectivity index (χ1v) is 4.64. The van der Waals surface area contributed by atoms with E-state index in [4.69, 9.17) is 5.26 Å². The summed E-state index contributed by atoms with van der Waals surface area (Å²) in [5.74, 6) is 5.04. The molecule has 1 nitrogen and oxygen atoms in total. The zero-order valence-corrected chi connectivity index (χ0v) is 8.23. The Kier molecular flexibility index (Phi) is 3.49. The minimum Gasteiger partial charge on any atom is -0.206 e. The van der Waals surface area contributed by atoms with Crippen LogP contribution in [0.1, 0.15) is 11.1 Å². The van der Waals surface area contributed by atoms with Crippen LogP contribution >= 0.6 is 15.9 Å². The van der Waals surface area contributed by atoms with Crippen LogP contribution in [0.15, 0.2) is 18.2 Å². The third-order valence-electron chi connectivity index (χ3n) is 1.39. The van der Waals surface area contributed by atoms with Crippen molar-refractivity contribution < 1.29 is 4.39 Å². The second-order valence-electron chi connectivity index (χ2n) is 2.24. The average molecular weight is 238 g/mol. The first-order valence-electron chi connectivity index (χ1n) is 3.52. The van der Waals surface area contributed by atoms with Crippen LogP contribution in [-0.4, -0.2) is 5.33 Å². The van der Waals surface area contributed by atoms with Gasteiger partial charge in [-0.2, -0.15) is 5.26 Å². The van der Waals surface area contributed by atoms with E-state index in [-0.39, 0.29) is 5.56 Å². The summed E-state index contributed by atoms with van der Waals surface area (Å²) in [6.07, 6.45) is 0. The van der Waals surface area contributed by atoms with Gasteiger partial charge in [0.2, 0.25) is 0 Å². The van der Waals surface area contributed by atoms with E-state index in [0.29, 0.717) is 10.9 Å². The van der Waals surface area contributed by atoms with E-state index < -0.39 is 5.82 Å². The quantitative estimate of drug-likeness (QED) is 0.503. The lowest BCUT2D eigenvalue weighted by Gasteiger charge is -1.93. The summed E-state index contributed by atoms with van der Waals surface area (Å²) in [5, 5.41) is 9.08. The Labute approximate surface area is 84.3 Å². The number of halogens is 2. The van der Waals surface area contributed by atoms with Crippen molar-refractivity contribution in [1.29, 1.82) is 5.26 Å². The van der Waals surface area contributed by atoms with Gasteiger partial charge in [0.1, 0.15) is 11.9 Å². The highest BCUT2D eigenvalue weighted by molar-refractivity contribution is 9.09. The zero-order valence-electron chi connectivity index (χ0n) is 6.64. The fourth-order valence-electron chi connectivity index (χ4n) is 0.824. The van der Waals surface area contributed by atoms with Gasteiger partial charge in [-0.1, -0.05) is 27.8 Å². The Morgan fingerprint density at radius 1 is 1.46 bits per heavy atom. The Hall–Kier alpha value is -1.32. The van der Waals surface area contributed by atoms with E-state index in [1.165, 1.54) is 12.1 Å². The van der Waals surface area contributed by atoms with Gasteiger partial charge in [0.15, 0.2) is 0 Å². The molecule has 0 bridgehead atoms. The van der Waals surface area contributed by atoms with E-state index in [1.54, 1.807) is 12.1 Å². The van der Waals surface area contributed by atoms with Crippen molar-refractivity contribution in [3.05, 3.63) is 35.1 Å². The molecule has 0 amide bonds. The van der Waals surface area contributed by atoms with Gasteiger partial charge >= 0.3 is 0 Å². The van der Waals surface area contributed by atoms with E-state index in [1.807, 2.05) is 0 Å². The molecule has 0 heterocycles. The van der Waals surface area contributed by atoms with E-state index in [0.717, 1.165) is 0 Å². The molecule has 0 aromatic heterocycles. The molecule has 1 rings (SSSR count). The number of alkyl halides is 1. The van der Waals surface area contributed by atoms with E-state index in [9.17, 15) is 4.39 Å². The highest BCUT2D eigenvalue weighted by Gasteiger charge is 1.99. The Bertz CT molecular complexity index is 409. The average Bonchev–Trinajstić information content (AvgIpc) is 2.16. The highest BCUT2D eigenvalue weighted by atomic mass is 79.9. The highest BCUT2D eigenvalue weighted by Crippen LogP contribution is 2.08. The topological polar surface area (TPSA) is 23.8 Å². The normalized spacial score (nSPS) is 8.38. The van der Waals surface area contributed by atoms with Gasteiger partial charge in [-0.25, -0.2) is 4.39 Å². The fraction of sp³-hybridized carbons (Fsp3) is 0.100. The van der Waals surface area contributed by atoms with Crippen molar-refractivity contribution >= 4 is 15.9 Å². The zero-order chi connectivity index (χ0) is 9.68. The van der Waals surface area contributed by atoms with Crippen molar-refractivity contribution in [2.45, 2.75) is 0 Å². The predicted molar refractivity (Wildman–Crippen MR) is 51.8 cm³/mol. The number of hydrogen-bond donors (Lipinski definition) is 0. The molecule has 13 heavy (non-hydrogen) atoms. The molecule has 0 spiro atoms. The van der Waals surface area contributed by atoms with Gasteiger partial charge in [0.25, 0.3) is 0 Å². The van der Waals surface area contributed by atoms with Crippen LogP contribution in [-0.2, 0) is 0 Å². The molecule has 0 unspecified atom stereocenters. The molecule has 0 radical (unpaired) electrons. The van der Waals surface area contributed by atoms with Gasteiger partial charge < -0.3 is 0 Å². The van der Waals surface area contributed by atoms with Crippen LogP contribution in [0.3, 0.4) is 0 Å². The van der Waals surface area contributed by atoms with Crippen LogP contribution in [0.2, 0.25) is 0 Å². The maximum absolute atomic E-state index is 12.8. The SMILES string of the molecule is N#Cc1cc(C#CCBr)ccc1F. The van der Waals surface area contributed by atoms with Crippen LogP contribution < -0.4 is 0 Å². The number of nitriles is 1. The van der Waals surface area contributed by atoms with Crippen LogP contribution in [0.4, 0.5) is 4.39 Å². The molecule has 0 N–H and O–H groups in total. The smallest absolute Gasteiger partial charge is 0.141 e. The second kappa shape index (κ2) is 4.64. The molecule has 0 saturated carbocycles. The van der Waals surface area contributed by atoms with Gasteiger partial charge in [-0.05, 0) is 18.2 Å². The second-order valence-corrected chi connectivity index (χ2v) is 2.80. The Morgan fingerprint density at radius 3 is 2.85 bits per heavy atom. The molecular formula is C10H5BrFN. The van der Waals surface area contributed by atoms with E-state index >= 15 is 0 Å². The van der Waals surface area contributed by atoms with Crippen LogP contribution in [0.5, 0.6) is 0 Å². The van der Waals surface area contributed by atoms with Crippen molar-refractivity contribution in [2.24, 2.45) is 0 Å². The molecule has 0 aliphatic carbocycles. The molecular weight excluding hydrogens is 233 g/mol. The van der Waals surface area contributed by atoms with Crippen molar-refractivity contribution in [1.82, 2.24) is 0 Å². The van der Waals surface area contributed by atoms with Gasteiger partial charge in [-0.15, -0.1) is 0 Å². The first-order chi connectivity index (χ1) is 6.27. The molecule has 0 fully saturated rings. The van der Waals surface area contributed by atoms with Crippen molar-refractivity contribution in [3.8, 4) is 17.9 Å². The molecule has 0 atom stereocenters. The van der Waals surface area contributed by atoms with Crippen LogP contribution in [0, 0.1) is 29.0 Å². The number of nitrogens with zero attached hydrogens (tertiary/aromatic N) is 1. The molecule has 0 aliphatic heterocycles. The summed E-state index contributed by atoms with van der Waals surface area (Å²) in [6.45, 7) is 0. The lowest BCUT2D eigenvalue weighted by atomic mass is 10.1. The molecule has 1 aromatic carbocycles. The number of rotatable bonds is 0. The third-order valence-corrected chi connectivity index (χ3v) is 1.67. The van der Waals surface area contributed by atoms with Crippen molar-refractivity contribution in [2.75, 3.05) is 5.33 Å². The van der Waals surface area contributed by atoms with E-state index in [2.05, 4.69) is 27.8 Å². The molecule has 0 saturated heterocycles. The van der Waals surface area contributed by atoms with Crippen molar-refractivity contribution in [3.63, 3.8) is 0 Å². The maximum atomic E-state index is 12.8. The summed E-state index contributed by atoms with van der Waals surface area (Å²) in [4.78, 5) is 0. The maximum Gasteiger partial charge on any atom is 0.141 e. The predicted octanol–water partition coefficient (Wildman–Crippen LogP) is 2.44. The largest absolute Gasteiger partial charge is 0.206 e. The fourth-order valence-corrected chi connectivity index (χ4v) is 0.964. The Morgan fingerprint density at radius 2 is 2.23 bits per heavy atom. The van der Waals surface area contributed by atoms with Gasteiger partial charge in [-0.3, -0.25) is 0 Å². The summed E-state index contributed by atoms with van der Waals surface area (Å²) >= 11 is 3.14. The Balaban J connectivity index is 3.08.